The molecule has 0 amide bonds. The topological polar surface area (TPSA) is 62.5 Å². The van der Waals surface area contributed by atoms with Crippen molar-refractivity contribution < 1.29 is 14.6 Å². The molecule has 1 heterocycles. The first kappa shape index (κ1) is 14.7. The molecule has 0 spiro atoms. The molecule has 0 saturated heterocycles. The fourth-order valence-corrected chi connectivity index (χ4v) is 2.40. The molecule has 1 aromatic carbocycles. The van der Waals surface area contributed by atoms with Crippen LogP contribution in [-0.2, 0) is 6.42 Å². The summed E-state index contributed by atoms with van der Waals surface area (Å²) < 4.78 is 11.4. The van der Waals surface area contributed by atoms with Crippen molar-refractivity contribution in [3.05, 3.63) is 23.3 Å². The molecule has 20 heavy (non-hydrogen) atoms. The maximum Gasteiger partial charge on any atom is 0.125 e. The highest BCUT2D eigenvalue weighted by molar-refractivity contribution is 5.50. The van der Waals surface area contributed by atoms with Gasteiger partial charge in [0.15, 0.2) is 0 Å². The van der Waals surface area contributed by atoms with E-state index in [9.17, 15) is 10.4 Å². The van der Waals surface area contributed by atoms with E-state index in [0.29, 0.717) is 17.9 Å². The van der Waals surface area contributed by atoms with Crippen molar-refractivity contribution in [3.63, 3.8) is 0 Å². The van der Waals surface area contributed by atoms with Gasteiger partial charge < -0.3 is 14.6 Å². The summed E-state index contributed by atoms with van der Waals surface area (Å²) >= 11 is 0. The lowest BCUT2D eigenvalue weighted by atomic mass is 9.83. The number of nitrogens with zero attached hydrogens (tertiary/aromatic N) is 1. The number of aliphatic hydroxyl groups excluding tert-OH is 1. The second-order valence-corrected chi connectivity index (χ2v) is 5.80. The highest BCUT2D eigenvalue weighted by atomic mass is 16.5. The van der Waals surface area contributed by atoms with Crippen molar-refractivity contribution in [1.82, 2.24) is 0 Å². The van der Waals surface area contributed by atoms with Crippen LogP contribution in [0.5, 0.6) is 11.5 Å². The fraction of sp³-hybridized carbons (Fsp3) is 0.562. The molecule has 4 heteroatoms. The molecule has 0 fully saturated rings. The van der Waals surface area contributed by atoms with E-state index in [4.69, 9.17) is 9.47 Å². The second-order valence-electron chi connectivity index (χ2n) is 5.80. The Bertz CT molecular complexity index is 545. The minimum Gasteiger partial charge on any atom is -0.493 e. The van der Waals surface area contributed by atoms with Gasteiger partial charge in [-0.1, -0.05) is 0 Å². The average Bonchev–Trinajstić information content (AvgIpc) is 2.76. The van der Waals surface area contributed by atoms with E-state index >= 15 is 0 Å². The van der Waals surface area contributed by atoms with Gasteiger partial charge in [0.1, 0.15) is 23.7 Å². The molecule has 0 bridgehead atoms. The number of hydrogen-bond acceptors (Lipinski definition) is 4. The van der Waals surface area contributed by atoms with Gasteiger partial charge in [0, 0.05) is 17.5 Å². The molecule has 108 valence electrons. The Labute approximate surface area is 119 Å². The van der Waals surface area contributed by atoms with Crippen LogP contribution in [0.25, 0.3) is 0 Å². The number of ether oxygens (including phenoxy) is 2. The van der Waals surface area contributed by atoms with Crippen molar-refractivity contribution in [2.24, 2.45) is 5.41 Å². The average molecular weight is 275 g/mol. The lowest BCUT2D eigenvalue weighted by Crippen LogP contribution is -2.20. The summed E-state index contributed by atoms with van der Waals surface area (Å²) in [5.74, 6) is 1.42. The van der Waals surface area contributed by atoms with Crippen molar-refractivity contribution in [1.29, 1.82) is 5.26 Å². The van der Waals surface area contributed by atoms with Gasteiger partial charge in [0.25, 0.3) is 0 Å². The standard InChI is InChI=1S/C16H21NO3/c1-5-19-14-7-11-6-10(2)20-13(11)8-12(14)15(18)16(3,4)9-17/h7-8,10,15,18H,5-6H2,1-4H3. The lowest BCUT2D eigenvalue weighted by molar-refractivity contribution is 0.0832. The van der Waals surface area contributed by atoms with Gasteiger partial charge in [-0.2, -0.15) is 5.26 Å². The van der Waals surface area contributed by atoms with Gasteiger partial charge >= 0.3 is 0 Å². The molecule has 0 radical (unpaired) electrons. The summed E-state index contributed by atoms with van der Waals surface area (Å²) in [5.41, 5.74) is 0.822. The van der Waals surface area contributed by atoms with Crippen LogP contribution in [0.2, 0.25) is 0 Å². The van der Waals surface area contributed by atoms with Crippen LogP contribution >= 0.6 is 0 Å². The van der Waals surface area contributed by atoms with Crippen LogP contribution in [0.3, 0.4) is 0 Å². The summed E-state index contributed by atoms with van der Waals surface area (Å²) in [6, 6.07) is 5.88. The van der Waals surface area contributed by atoms with E-state index in [0.717, 1.165) is 17.7 Å². The van der Waals surface area contributed by atoms with Crippen LogP contribution in [0.4, 0.5) is 0 Å². The minimum absolute atomic E-state index is 0.135. The molecule has 0 aromatic heterocycles. The minimum atomic E-state index is -0.918. The van der Waals surface area contributed by atoms with E-state index in [1.165, 1.54) is 0 Å². The first-order valence-electron chi connectivity index (χ1n) is 6.94. The molecule has 2 unspecified atom stereocenters. The second kappa shape index (κ2) is 5.34. The predicted octanol–water partition coefficient (Wildman–Crippen LogP) is 2.99. The zero-order valence-electron chi connectivity index (χ0n) is 12.4. The highest BCUT2D eigenvalue weighted by Gasteiger charge is 2.33. The smallest absolute Gasteiger partial charge is 0.125 e. The van der Waals surface area contributed by atoms with Crippen LogP contribution < -0.4 is 9.47 Å². The molecule has 1 aliphatic rings. The van der Waals surface area contributed by atoms with Gasteiger partial charge in [0.05, 0.1) is 18.1 Å². The highest BCUT2D eigenvalue weighted by Crippen LogP contribution is 2.42. The van der Waals surface area contributed by atoms with Gasteiger partial charge in [-0.15, -0.1) is 0 Å². The van der Waals surface area contributed by atoms with E-state index in [1.807, 2.05) is 26.0 Å². The zero-order valence-corrected chi connectivity index (χ0v) is 12.4. The predicted molar refractivity (Wildman–Crippen MR) is 75.8 cm³/mol. The zero-order chi connectivity index (χ0) is 14.9. The molecule has 1 aromatic rings. The Morgan fingerprint density at radius 3 is 2.85 bits per heavy atom. The van der Waals surface area contributed by atoms with Crippen LogP contribution in [0, 0.1) is 16.7 Å². The Morgan fingerprint density at radius 2 is 2.25 bits per heavy atom. The fourth-order valence-electron chi connectivity index (χ4n) is 2.40. The summed E-state index contributed by atoms with van der Waals surface area (Å²) in [6.45, 7) is 7.85. The van der Waals surface area contributed by atoms with Crippen molar-refractivity contribution >= 4 is 0 Å². The summed E-state index contributed by atoms with van der Waals surface area (Å²) in [6.07, 6.45) is 0.0580. The molecular weight excluding hydrogens is 254 g/mol. The van der Waals surface area contributed by atoms with Gasteiger partial charge in [0.2, 0.25) is 0 Å². The molecule has 2 rings (SSSR count). The van der Waals surface area contributed by atoms with E-state index in [-0.39, 0.29) is 6.10 Å². The largest absolute Gasteiger partial charge is 0.493 e. The third-order valence-electron chi connectivity index (χ3n) is 3.59. The molecule has 4 nitrogen and oxygen atoms in total. The number of nitriles is 1. The summed E-state index contributed by atoms with van der Waals surface area (Å²) in [5, 5.41) is 19.7. The first-order chi connectivity index (χ1) is 9.39. The SMILES string of the molecule is CCOc1cc2c(cc1C(O)C(C)(C)C#N)OC(C)C2. The number of rotatable bonds is 4. The maximum atomic E-state index is 10.5. The van der Waals surface area contributed by atoms with Crippen molar-refractivity contribution in [2.45, 2.75) is 46.3 Å². The van der Waals surface area contributed by atoms with E-state index in [1.54, 1.807) is 13.8 Å². The van der Waals surface area contributed by atoms with Gasteiger partial charge in [-0.05, 0) is 39.8 Å². The Hall–Kier alpha value is -1.73. The number of hydrogen-bond donors (Lipinski definition) is 1. The molecule has 1 aliphatic heterocycles. The van der Waals surface area contributed by atoms with Gasteiger partial charge in [-0.25, -0.2) is 0 Å². The lowest BCUT2D eigenvalue weighted by Gasteiger charge is -2.25. The summed E-state index contributed by atoms with van der Waals surface area (Å²) in [7, 11) is 0. The third-order valence-corrected chi connectivity index (χ3v) is 3.59. The van der Waals surface area contributed by atoms with Crippen LogP contribution in [0.15, 0.2) is 12.1 Å². The van der Waals surface area contributed by atoms with Crippen molar-refractivity contribution in [3.8, 4) is 17.6 Å². The molecule has 0 aliphatic carbocycles. The third kappa shape index (κ3) is 2.59. The quantitative estimate of drug-likeness (QED) is 0.917. The normalized spacial score (nSPS) is 18.9. The first-order valence-corrected chi connectivity index (χ1v) is 6.94. The van der Waals surface area contributed by atoms with Gasteiger partial charge in [-0.3, -0.25) is 0 Å². The number of fused-ring (bicyclic) bond motifs is 1. The van der Waals surface area contributed by atoms with E-state index in [2.05, 4.69) is 6.07 Å². The molecule has 0 saturated carbocycles. The molecule has 1 N–H and O–H groups in total. The Morgan fingerprint density at radius 1 is 1.55 bits per heavy atom. The maximum absolute atomic E-state index is 10.5. The monoisotopic (exact) mass is 275 g/mol. The molecule has 2 atom stereocenters. The summed E-state index contributed by atoms with van der Waals surface area (Å²) in [4.78, 5) is 0. The van der Waals surface area contributed by atoms with Crippen molar-refractivity contribution in [2.75, 3.05) is 6.61 Å². The number of benzene rings is 1. The van der Waals surface area contributed by atoms with Crippen LogP contribution in [0.1, 0.15) is 44.9 Å². The Kier molecular flexibility index (Phi) is 3.92. The Balaban J connectivity index is 2.47. The molecular formula is C16H21NO3. The van der Waals surface area contributed by atoms with Crippen LogP contribution in [-0.4, -0.2) is 17.8 Å². The van der Waals surface area contributed by atoms with E-state index < -0.39 is 11.5 Å². The number of aliphatic hydroxyl groups is 1.